The Labute approximate surface area is 119 Å². The van der Waals surface area contributed by atoms with E-state index >= 15 is 0 Å². The Morgan fingerprint density at radius 2 is 1.65 bits per heavy atom. The molecule has 0 spiro atoms. The van der Waals surface area contributed by atoms with Crippen molar-refractivity contribution < 1.29 is 14.7 Å². The average Bonchev–Trinajstić information content (AvgIpc) is 3.02. The molecule has 0 radical (unpaired) electrons. The van der Waals surface area contributed by atoms with Crippen LogP contribution in [-0.4, -0.2) is 46.1 Å². The van der Waals surface area contributed by atoms with Crippen LogP contribution in [0.15, 0.2) is 0 Å². The molecule has 0 aromatic carbocycles. The maximum atomic E-state index is 12.4. The van der Waals surface area contributed by atoms with Crippen molar-refractivity contribution in [1.82, 2.24) is 10.2 Å². The summed E-state index contributed by atoms with van der Waals surface area (Å²) in [4.78, 5) is 26.1. The van der Waals surface area contributed by atoms with Gasteiger partial charge in [-0.1, -0.05) is 12.8 Å². The Hall–Kier alpha value is -0.940. The van der Waals surface area contributed by atoms with Gasteiger partial charge in [0, 0.05) is 12.1 Å². The summed E-state index contributed by atoms with van der Waals surface area (Å²) in [5.74, 6) is -0.0248. The average molecular weight is 280 g/mol. The lowest BCUT2D eigenvalue weighted by Gasteiger charge is -2.28. The summed E-state index contributed by atoms with van der Waals surface area (Å²) in [5, 5.41) is 12.9. The van der Waals surface area contributed by atoms with Crippen LogP contribution in [0, 0.1) is 0 Å². The van der Waals surface area contributed by atoms with E-state index in [0.29, 0.717) is 6.42 Å². The highest BCUT2D eigenvalue weighted by Gasteiger charge is 2.43. The van der Waals surface area contributed by atoms with Gasteiger partial charge in [-0.05, 0) is 38.5 Å². The maximum Gasteiger partial charge on any atom is 0.247 e. The van der Waals surface area contributed by atoms with E-state index in [-0.39, 0.29) is 36.0 Å². The summed E-state index contributed by atoms with van der Waals surface area (Å²) in [6.07, 6.45) is 7.68. The first-order valence-electron chi connectivity index (χ1n) is 7.95. The SMILES string of the molecule is O=C1CC(NC2CCC(O)CC2)C(=O)N1C1CCCC1. The molecule has 2 aliphatic carbocycles. The second kappa shape index (κ2) is 5.82. The van der Waals surface area contributed by atoms with Gasteiger partial charge in [-0.2, -0.15) is 0 Å². The Morgan fingerprint density at radius 1 is 1.00 bits per heavy atom. The smallest absolute Gasteiger partial charge is 0.247 e. The van der Waals surface area contributed by atoms with Crippen molar-refractivity contribution in [3.63, 3.8) is 0 Å². The number of carbonyl (C=O) groups is 2. The fourth-order valence-electron chi connectivity index (χ4n) is 3.85. The van der Waals surface area contributed by atoms with Crippen molar-refractivity contribution in [2.75, 3.05) is 0 Å². The van der Waals surface area contributed by atoms with Gasteiger partial charge in [0.2, 0.25) is 11.8 Å². The van der Waals surface area contributed by atoms with Gasteiger partial charge in [0.05, 0.1) is 18.6 Å². The van der Waals surface area contributed by atoms with E-state index in [1.165, 1.54) is 4.90 Å². The molecule has 3 rings (SSSR count). The van der Waals surface area contributed by atoms with Crippen LogP contribution >= 0.6 is 0 Å². The van der Waals surface area contributed by atoms with E-state index in [1.54, 1.807) is 0 Å². The van der Waals surface area contributed by atoms with Gasteiger partial charge in [0.1, 0.15) is 0 Å². The first kappa shape index (κ1) is 14.0. The summed E-state index contributed by atoms with van der Waals surface area (Å²) in [6, 6.07) is 0.0852. The van der Waals surface area contributed by atoms with E-state index in [1.807, 2.05) is 0 Å². The van der Waals surface area contributed by atoms with Gasteiger partial charge in [-0.3, -0.25) is 14.5 Å². The summed E-state index contributed by atoms with van der Waals surface area (Å²) < 4.78 is 0. The zero-order valence-electron chi connectivity index (χ0n) is 11.9. The fourth-order valence-corrected chi connectivity index (χ4v) is 3.85. The molecule has 1 aliphatic heterocycles. The van der Waals surface area contributed by atoms with Crippen molar-refractivity contribution in [3.05, 3.63) is 0 Å². The molecule has 0 aromatic heterocycles. The molecule has 1 atom stereocenters. The monoisotopic (exact) mass is 280 g/mol. The molecule has 2 amide bonds. The van der Waals surface area contributed by atoms with Crippen LogP contribution in [0.5, 0.6) is 0 Å². The predicted octanol–water partition coefficient (Wildman–Crippen LogP) is 0.950. The van der Waals surface area contributed by atoms with E-state index in [9.17, 15) is 14.7 Å². The van der Waals surface area contributed by atoms with Crippen molar-refractivity contribution in [3.8, 4) is 0 Å². The molecule has 5 heteroatoms. The third-order valence-corrected chi connectivity index (χ3v) is 5.01. The van der Waals surface area contributed by atoms with Gasteiger partial charge in [0.25, 0.3) is 0 Å². The number of nitrogens with one attached hydrogen (secondary N) is 1. The van der Waals surface area contributed by atoms with E-state index in [0.717, 1.165) is 51.4 Å². The predicted molar refractivity (Wildman–Crippen MR) is 73.9 cm³/mol. The molecule has 3 fully saturated rings. The number of aliphatic hydroxyl groups is 1. The van der Waals surface area contributed by atoms with Crippen LogP contribution in [0.4, 0.5) is 0 Å². The van der Waals surface area contributed by atoms with Crippen molar-refractivity contribution in [1.29, 1.82) is 0 Å². The Morgan fingerprint density at radius 3 is 2.30 bits per heavy atom. The van der Waals surface area contributed by atoms with Crippen LogP contribution in [0.3, 0.4) is 0 Å². The van der Waals surface area contributed by atoms with Crippen molar-refractivity contribution >= 4 is 11.8 Å². The number of aliphatic hydroxyl groups excluding tert-OH is 1. The van der Waals surface area contributed by atoms with Crippen LogP contribution in [0.1, 0.15) is 57.8 Å². The fraction of sp³-hybridized carbons (Fsp3) is 0.867. The molecule has 2 saturated carbocycles. The highest BCUT2D eigenvalue weighted by Crippen LogP contribution is 2.29. The lowest BCUT2D eigenvalue weighted by atomic mass is 9.92. The Kier molecular flexibility index (Phi) is 4.08. The maximum absolute atomic E-state index is 12.4. The van der Waals surface area contributed by atoms with Crippen molar-refractivity contribution in [2.45, 2.75) is 82.0 Å². The van der Waals surface area contributed by atoms with E-state index in [2.05, 4.69) is 5.32 Å². The van der Waals surface area contributed by atoms with Gasteiger partial charge >= 0.3 is 0 Å². The summed E-state index contributed by atoms with van der Waals surface area (Å²) >= 11 is 0. The molecule has 2 N–H and O–H groups in total. The number of imide groups is 1. The minimum atomic E-state index is -0.330. The van der Waals surface area contributed by atoms with Gasteiger partial charge in [-0.25, -0.2) is 0 Å². The van der Waals surface area contributed by atoms with Crippen LogP contribution in [-0.2, 0) is 9.59 Å². The Balaban J connectivity index is 1.58. The largest absolute Gasteiger partial charge is 0.393 e. The topological polar surface area (TPSA) is 69.6 Å². The van der Waals surface area contributed by atoms with E-state index < -0.39 is 0 Å². The third-order valence-electron chi connectivity index (χ3n) is 5.01. The number of rotatable bonds is 3. The minimum Gasteiger partial charge on any atom is -0.393 e. The number of hydrogen-bond acceptors (Lipinski definition) is 4. The summed E-state index contributed by atoms with van der Waals surface area (Å²) in [5.41, 5.74) is 0. The zero-order chi connectivity index (χ0) is 14.1. The molecular weight excluding hydrogens is 256 g/mol. The molecule has 3 aliphatic rings. The molecular formula is C15H24N2O3. The molecule has 1 heterocycles. The third kappa shape index (κ3) is 2.74. The zero-order valence-corrected chi connectivity index (χ0v) is 11.9. The van der Waals surface area contributed by atoms with Gasteiger partial charge in [0.15, 0.2) is 0 Å². The van der Waals surface area contributed by atoms with Gasteiger partial charge in [-0.15, -0.1) is 0 Å². The first-order valence-corrected chi connectivity index (χ1v) is 7.95. The Bertz CT molecular complexity index is 385. The summed E-state index contributed by atoms with van der Waals surface area (Å²) in [6.45, 7) is 0. The minimum absolute atomic E-state index is 0.00440. The molecule has 0 aromatic rings. The highest BCUT2D eigenvalue weighted by molar-refractivity contribution is 6.05. The summed E-state index contributed by atoms with van der Waals surface area (Å²) in [7, 11) is 0. The van der Waals surface area contributed by atoms with Crippen LogP contribution in [0.25, 0.3) is 0 Å². The number of carbonyl (C=O) groups excluding carboxylic acids is 2. The van der Waals surface area contributed by atoms with Crippen molar-refractivity contribution in [2.24, 2.45) is 0 Å². The molecule has 20 heavy (non-hydrogen) atoms. The normalized spacial score (nSPS) is 36.0. The number of likely N-dealkylation sites (tertiary alicyclic amines) is 1. The molecule has 5 nitrogen and oxygen atoms in total. The molecule has 0 bridgehead atoms. The second-order valence-corrected chi connectivity index (χ2v) is 6.47. The quantitative estimate of drug-likeness (QED) is 0.755. The number of nitrogens with zero attached hydrogens (tertiary/aromatic N) is 1. The highest BCUT2D eigenvalue weighted by atomic mass is 16.3. The van der Waals surface area contributed by atoms with Crippen LogP contribution in [0.2, 0.25) is 0 Å². The lowest BCUT2D eigenvalue weighted by molar-refractivity contribution is -0.141. The molecule has 1 unspecified atom stereocenters. The first-order chi connectivity index (χ1) is 9.65. The number of hydrogen-bond donors (Lipinski definition) is 2. The van der Waals surface area contributed by atoms with E-state index in [4.69, 9.17) is 0 Å². The molecule has 112 valence electrons. The van der Waals surface area contributed by atoms with Gasteiger partial charge < -0.3 is 10.4 Å². The lowest BCUT2D eigenvalue weighted by Crippen LogP contribution is -2.47. The second-order valence-electron chi connectivity index (χ2n) is 6.47. The van der Waals surface area contributed by atoms with Crippen LogP contribution < -0.4 is 5.32 Å². The standard InChI is InChI=1S/C15H24N2O3/c18-12-7-5-10(6-8-12)16-13-9-14(19)17(15(13)20)11-3-1-2-4-11/h10-13,16,18H,1-9H2. The number of amides is 2. The molecule has 1 saturated heterocycles.